The molecule has 2 unspecified atom stereocenters. The molecule has 120 valence electrons. The van der Waals surface area contributed by atoms with E-state index in [1.54, 1.807) is 0 Å². The first kappa shape index (κ1) is 14.5. The Morgan fingerprint density at radius 2 is 2.17 bits per heavy atom. The third-order valence-corrected chi connectivity index (χ3v) is 5.23. The summed E-state index contributed by atoms with van der Waals surface area (Å²) in [6.07, 6.45) is 5.18. The van der Waals surface area contributed by atoms with Crippen LogP contribution in [0.4, 0.5) is 0 Å². The van der Waals surface area contributed by atoms with Gasteiger partial charge in [-0.2, -0.15) is 5.10 Å². The number of H-pyrrole nitrogens is 1. The van der Waals surface area contributed by atoms with E-state index in [0.717, 1.165) is 42.5 Å². The van der Waals surface area contributed by atoms with E-state index < -0.39 is 0 Å². The van der Waals surface area contributed by atoms with Crippen LogP contribution in [0.5, 0.6) is 0 Å². The lowest BCUT2D eigenvalue weighted by molar-refractivity contribution is -0.140. The maximum atomic E-state index is 13.0. The molecular weight excluding hydrogens is 290 g/mol. The number of fused-ring (bicyclic) bond motifs is 2. The summed E-state index contributed by atoms with van der Waals surface area (Å²) in [4.78, 5) is 14.9. The average molecular weight is 311 g/mol. The zero-order valence-corrected chi connectivity index (χ0v) is 13.0. The fourth-order valence-corrected chi connectivity index (χ4v) is 3.97. The van der Waals surface area contributed by atoms with Crippen molar-refractivity contribution in [2.75, 3.05) is 13.2 Å². The molecule has 0 radical (unpaired) electrons. The highest BCUT2D eigenvalue weighted by molar-refractivity contribution is 5.80. The lowest BCUT2D eigenvalue weighted by Gasteiger charge is -2.39. The highest BCUT2D eigenvalue weighted by Gasteiger charge is 2.35. The second-order valence-corrected chi connectivity index (χ2v) is 6.49. The maximum Gasteiger partial charge on any atom is 0.226 e. The number of amides is 1. The van der Waals surface area contributed by atoms with E-state index in [1.165, 1.54) is 5.56 Å². The van der Waals surface area contributed by atoms with E-state index in [1.807, 2.05) is 29.3 Å². The third kappa shape index (κ3) is 2.45. The molecule has 5 nitrogen and oxygen atoms in total. The van der Waals surface area contributed by atoms with Crippen molar-refractivity contribution in [3.63, 3.8) is 0 Å². The molecule has 0 saturated heterocycles. The van der Waals surface area contributed by atoms with Gasteiger partial charge in [0.25, 0.3) is 0 Å². The summed E-state index contributed by atoms with van der Waals surface area (Å²) in [7, 11) is 0. The van der Waals surface area contributed by atoms with E-state index in [9.17, 15) is 9.90 Å². The fraction of sp³-hybridized carbons (Fsp3) is 0.444. The minimum atomic E-state index is -0.210. The first-order chi connectivity index (χ1) is 11.3. The molecule has 2 N–H and O–H groups in total. The number of aliphatic hydroxyl groups excluding tert-OH is 1. The second kappa shape index (κ2) is 5.81. The van der Waals surface area contributed by atoms with Crippen molar-refractivity contribution in [2.24, 2.45) is 5.92 Å². The minimum absolute atomic E-state index is 0.000544. The molecule has 2 aromatic rings. The summed E-state index contributed by atoms with van der Waals surface area (Å²) in [5.41, 5.74) is 4.66. The van der Waals surface area contributed by atoms with Gasteiger partial charge in [0.2, 0.25) is 5.91 Å². The van der Waals surface area contributed by atoms with Crippen LogP contribution in [0.25, 0.3) is 0 Å². The van der Waals surface area contributed by atoms with Crippen LogP contribution in [0.15, 0.2) is 30.5 Å². The Morgan fingerprint density at radius 1 is 1.30 bits per heavy atom. The number of nitrogens with zero attached hydrogens (tertiary/aromatic N) is 2. The molecule has 1 aromatic carbocycles. The molecule has 1 amide bonds. The minimum Gasteiger partial charge on any atom is -0.394 e. The molecule has 2 atom stereocenters. The van der Waals surface area contributed by atoms with Gasteiger partial charge >= 0.3 is 0 Å². The Labute approximate surface area is 135 Å². The van der Waals surface area contributed by atoms with Crippen LogP contribution in [0, 0.1) is 5.92 Å². The molecule has 1 aromatic heterocycles. The SMILES string of the molecule is O=C(C1CCc2[nH]ncc2C1)N1CCc2ccccc2C1CO. The monoisotopic (exact) mass is 311 g/mol. The smallest absolute Gasteiger partial charge is 0.226 e. The van der Waals surface area contributed by atoms with Crippen LogP contribution in [0.2, 0.25) is 0 Å². The average Bonchev–Trinajstić information content (AvgIpc) is 3.07. The molecule has 4 rings (SSSR count). The van der Waals surface area contributed by atoms with Crippen LogP contribution in [-0.2, 0) is 24.1 Å². The number of aromatic nitrogens is 2. The van der Waals surface area contributed by atoms with Crippen molar-refractivity contribution in [3.05, 3.63) is 52.8 Å². The largest absolute Gasteiger partial charge is 0.394 e. The van der Waals surface area contributed by atoms with E-state index in [2.05, 4.69) is 16.3 Å². The van der Waals surface area contributed by atoms with Gasteiger partial charge in [-0.05, 0) is 42.4 Å². The molecule has 0 fully saturated rings. The summed E-state index contributed by atoms with van der Waals surface area (Å²) >= 11 is 0. The molecule has 0 spiro atoms. The first-order valence-electron chi connectivity index (χ1n) is 8.28. The van der Waals surface area contributed by atoms with E-state index in [-0.39, 0.29) is 24.5 Å². The molecule has 1 aliphatic carbocycles. The number of carbonyl (C=O) groups excluding carboxylic acids is 1. The van der Waals surface area contributed by atoms with Gasteiger partial charge in [-0.15, -0.1) is 0 Å². The second-order valence-electron chi connectivity index (χ2n) is 6.49. The van der Waals surface area contributed by atoms with E-state index >= 15 is 0 Å². The molecule has 1 aliphatic heterocycles. The Hall–Kier alpha value is -2.14. The van der Waals surface area contributed by atoms with Gasteiger partial charge < -0.3 is 10.0 Å². The molecule has 2 aliphatic rings. The normalized spacial score (nSPS) is 23.3. The van der Waals surface area contributed by atoms with Crippen molar-refractivity contribution in [2.45, 2.75) is 31.7 Å². The van der Waals surface area contributed by atoms with Crippen molar-refractivity contribution >= 4 is 5.91 Å². The number of hydrogen-bond acceptors (Lipinski definition) is 3. The maximum absolute atomic E-state index is 13.0. The van der Waals surface area contributed by atoms with Crippen LogP contribution in [-0.4, -0.2) is 39.3 Å². The summed E-state index contributed by atoms with van der Waals surface area (Å²) in [6.45, 7) is 0.669. The lowest BCUT2D eigenvalue weighted by Crippen LogP contribution is -2.45. The zero-order valence-electron chi connectivity index (χ0n) is 13.0. The standard InChI is InChI=1S/C18H21N3O2/c22-11-17-15-4-2-1-3-12(15)7-8-21(17)18(23)13-5-6-16-14(9-13)10-19-20-16/h1-4,10,13,17,22H,5-9,11H2,(H,19,20). The number of rotatable bonds is 2. The van der Waals surface area contributed by atoms with Gasteiger partial charge in [-0.1, -0.05) is 24.3 Å². The summed E-state index contributed by atoms with van der Waals surface area (Å²) in [5.74, 6) is 0.171. The number of benzene rings is 1. The number of hydrogen-bond donors (Lipinski definition) is 2. The van der Waals surface area contributed by atoms with Crippen molar-refractivity contribution in [3.8, 4) is 0 Å². The van der Waals surface area contributed by atoms with Gasteiger partial charge in [0.1, 0.15) is 0 Å². The summed E-state index contributed by atoms with van der Waals surface area (Å²) in [5, 5.41) is 17.0. The van der Waals surface area contributed by atoms with Crippen LogP contribution in [0.3, 0.4) is 0 Å². The van der Waals surface area contributed by atoms with Crippen LogP contribution < -0.4 is 0 Å². The van der Waals surface area contributed by atoms with Crippen molar-refractivity contribution in [1.82, 2.24) is 15.1 Å². The number of aliphatic hydroxyl groups is 1. The quantitative estimate of drug-likeness (QED) is 0.886. The Bertz CT molecular complexity index is 725. The molecule has 0 bridgehead atoms. The highest BCUT2D eigenvalue weighted by Crippen LogP contribution is 2.33. The molecule has 5 heteroatoms. The van der Waals surface area contributed by atoms with E-state index in [4.69, 9.17) is 0 Å². The van der Waals surface area contributed by atoms with Gasteiger partial charge in [0.05, 0.1) is 18.8 Å². The highest BCUT2D eigenvalue weighted by atomic mass is 16.3. The van der Waals surface area contributed by atoms with Crippen LogP contribution in [0.1, 0.15) is 34.8 Å². The van der Waals surface area contributed by atoms with Crippen molar-refractivity contribution < 1.29 is 9.90 Å². The van der Waals surface area contributed by atoms with Gasteiger partial charge in [-0.3, -0.25) is 9.89 Å². The predicted molar refractivity (Wildman–Crippen MR) is 85.8 cm³/mol. The predicted octanol–water partition coefficient (Wildman–Crippen LogP) is 1.63. The Kier molecular flexibility index (Phi) is 3.65. The van der Waals surface area contributed by atoms with Gasteiger partial charge in [0, 0.05) is 18.2 Å². The third-order valence-electron chi connectivity index (χ3n) is 5.23. The molecule has 2 heterocycles. The summed E-state index contributed by atoms with van der Waals surface area (Å²) < 4.78 is 0. The van der Waals surface area contributed by atoms with Gasteiger partial charge in [0.15, 0.2) is 0 Å². The number of aryl methyl sites for hydroxylation is 1. The Balaban J connectivity index is 1.57. The number of carbonyl (C=O) groups is 1. The molecule has 0 saturated carbocycles. The Morgan fingerprint density at radius 3 is 3.04 bits per heavy atom. The van der Waals surface area contributed by atoms with Crippen LogP contribution >= 0.6 is 0 Å². The molecular formula is C18H21N3O2. The van der Waals surface area contributed by atoms with Gasteiger partial charge in [-0.25, -0.2) is 0 Å². The zero-order chi connectivity index (χ0) is 15.8. The number of nitrogens with one attached hydrogen (secondary N) is 1. The van der Waals surface area contributed by atoms with E-state index in [0.29, 0.717) is 6.54 Å². The summed E-state index contributed by atoms with van der Waals surface area (Å²) in [6, 6.07) is 7.92. The molecule has 23 heavy (non-hydrogen) atoms. The first-order valence-corrected chi connectivity index (χ1v) is 8.28. The van der Waals surface area contributed by atoms with Crippen molar-refractivity contribution in [1.29, 1.82) is 0 Å². The fourth-order valence-electron chi connectivity index (χ4n) is 3.97. The topological polar surface area (TPSA) is 69.2 Å². The number of aromatic amines is 1. The lowest BCUT2D eigenvalue weighted by atomic mass is 9.85.